The highest BCUT2D eigenvalue weighted by molar-refractivity contribution is 5.51. The van der Waals surface area contributed by atoms with Crippen molar-refractivity contribution in [1.29, 1.82) is 0 Å². The number of hydrogen-bond donors (Lipinski definition) is 0. The second-order valence-corrected chi connectivity index (χ2v) is 2.10. The van der Waals surface area contributed by atoms with Gasteiger partial charge >= 0.3 is 0 Å². The highest BCUT2D eigenvalue weighted by Crippen LogP contribution is 2.03. The van der Waals surface area contributed by atoms with Gasteiger partial charge < -0.3 is 4.84 Å². The van der Waals surface area contributed by atoms with Crippen LogP contribution < -0.4 is 0 Å². The largest absolute Gasteiger partial charge is 0.403 e. The van der Waals surface area contributed by atoms with Gasteiger partial charge in [-0.2, -0.15) is 0 Å². The molecule has 1 rings (SSSR count). The van der Waals surface area contributed by atoms with Crippen LogP contribution >= 0.6 is 0 Å². The first-order valence-electron chi connectivity index (χ1n) is 2.71. The van der Waals surface area contributed by atoms with Crippen LogP contribution in [0.3, 0.4) is 0 Å². The van der Waals surface area contributed by atoms with Gasteiger partial charge in [-0.25, -0.2) is 0 Å². The van der Waals surface area contributed by atoms with Gasteiger partial charge in [0.05, 0.1) is 6.61 Å². The quantitative estimate of drug-likeness (QED) is 0.432. The molecule has 1 aliphatic rings. The summed E-state index contributed by atoms with van der Waals surface area (Å²) in [5.41, 5.74) is 0. The van der Waals surface area contributed by atoms with Gasteiger partial charge in [0.25, 0.3) is 0 Å². The van der Waals surface area contributed by atoms with E-state index in [4.69, 9.17) is 0 Å². The summed E-state index contributed by atoms with van der Waals surface area (Å²) in [6, 6.07) is 0. The molecule has 0 fully saturated rings. The van der Waals surface area contributed by atoms with Gasteiger partial charge in [0, 0.05) is 11.3 Å². The number of nitrogens with zero attached hydrogens (tertiary/aromatic N) is 1. The van der Waals surface area contributed by atoms with E-state index in [-0.39, 0.29) is 0 Å². The van der Waals surface area contributed by atoms with E-state index in [1.54, 1.807) is 0 Å². The normalized spacial score (nSPS) is 28.6. The summed E-state index contributed by atoms with van der Waals surface area (Å²) in [5.74, 6) is 0.500. The molecule has 0 amide bonds. The van der Waals surface area contributed by atoms with Gasteiger partial charge in [-0.05, 0) is 5.92 Å². The average Bonchev–Trinajstić information content (AvgIpc) is 1.77. The lowest BCUT2D eigenvalue weighted by atomic mass is 10.1. The van der Waals surface area contributed by atoms with E-state index in [0.717, 1.165) is 6.42 Å². The summed E-state index contributed by atoms with van der Waals surface area (Å²) in [6.45, 7) is 2.60. The standard InChI is InChI=1S/C5H9NO2/c1-5-2-3-6(7)8-4-5/h3,5H,2,4H2,1H3/t5-/m0/s1. The van der Waals surface area contributed by atoms with Crippen molar-refractivity contribution in [3.63, 3.8) is 0 Å². The average molecular weight is 115 g/mol. The van der Waals surface area contributed by atoms with Gasteiger partial charge in [0.15, 0.2) is 0 Å². The molecule has 1 aliphatic heterocycles. The highest BCUT2D eigenvalue weighted by Gasteiger charge is 2.08. The van der Waals surface area contributed by atoms with Crippen molar-refractivity contribution in [3.05, 3.63) is 5.21 Å². The Bertz CT molecular complexity index is 111. The Morgan fingerprint density at radius 1 is 1.88 bits per heavy atom. The molecule has 3 nitrogen and oxygen atoms in total. The Morgan fingerprint density at radius 2 is 2.62 bits per heavy atom. The van der Waals surface area contributed by atoms with Crippen LogP contribution in [0.25, 0.3) is 0 Å². The Labute approximate surface area is 48.1 Å². The van der Waals surface area contributed by atoms with E-state index in [1.165, 1.54) is 6.21 Å². The first-order valence-corrected chi connectivity index (χ1v) is 2.71. The van der Waals surface area contributed by atoms with E-state index in [9.17, 15) is 5.21 Å². The monoisotopic (exact) mass is 115 g/mol. The van der Waals surface area contributed by atoms with E-state index in [1.807, 2.05) is 6.92 Å². The van der Waals surface area contributed by atoms with Crippen LogP contribution in [-0.2, 0) is 4.84 Å². The van der Waals surface area contributed by atoms with Crippen molar-refractivity contribution in [3.8, 4) is 0 Å². The molecule has 46 valence electrons. The zero-order chi connectivity index (χ0) is 5.98. The summed E-state index contributed by atoms with van der Waals surface area (Å²) in [6.07, 6.45) is 2.34. The fourth-order valence-corrected chi connectivity index (χ4v) is 0.587. The Balaban J connectivity index is 2.42. The molecule has 0 aliphatic carbocycles. The summed E-state index contributed by atoms with van der Waals surface area (Å²) < 4.78 is 0. The topological polar surface area (TPSA) is 35.3 Å². The fraction of sp³-hybridized carbons (Fsp3) is 0.800. The lowest BCUT2D eigenvalue weighted by Gasteiger charge is -2.14. The van der Waals surface area contributed by atoms with Crippen molar-refractivity contribution in [2.75, 3.05) is 6.61 Å². The number of hydrogen-bond acceptors (Lipinski definition) is 2. The maximum absolute atomic E-state index is 10.2. The Kier molecular flexibility index (Phi) is 1.37. The van der Waals surface area contributed by atoms with Crippen LogP contribution in [0, 0.1) is 11.1 Å². The van der Waals surface area contributed by atoms with Gasteiger partial charge in [-0.1, -0.05) is 6.92 Å². The molecule has 0 bridgehead atoms. The molecule has 0 spiro atoms. The van der Waals surface area contributed by atoms with E-state index in [0.29, 0.717) is 17.4 Å². The molecular formula is C5H9NO2. The Morgan fingerprint density at radius 3 is 3.00 bits per heavy atom. The molecule has 0 aromatic rings. The SMILES string of the molecule is C[C@H]1CC=[N+]([O-])OC1. The van der Waals surface area contributed by atoms with Crippen molar-refractivity contribution < 1.29 is 9.74 Å². The molecule has 0 saturated heterocycles. The van der Waals surface area contributed by atoms with Gasteiger partial charge in [0.1, 0.15) is 0 Å². The van der Waals surface area contributed by atoms with Crippen LogP contribution in [0.2, 0.25) is 0 Å². The molecular weight excluding hydrogens is 106 g/mol. The van der Waals surface area contributed by atoms with Crippen LogP contribution in [-0.4, -0.2) is 17.7 Å². The molecule has 0 aromatic carbocycles. The zero-order valence-corrected chi connectivity index (χ0v) is 4.83. The second-order valence-electron chi connectivity index (χ2n) is 2.10. The van der Waals surface area contributed by atoms with Crippen molar-refractivity contribution in [1.82, 2.24) is 0 Å². The fourth-order valence-electron chi connectivity index (χ4n) is 0.587. The van der Waals surface area contributed by atoms with Crippen molar-refractivity contribution >= 4 is 6.21 Å². The predicted octanol–water partition coefficient (Wildman–Crippen LogP) is 0.539. The third-order valence-corrected chi connectivity index (χ3v) is 1.14. The molecule has 0 unspecified atom stereocenters. The number of rotatable bonds is 0. The minimum absolute atomic E-state index is 0.500. The van der Waals surface area contributed by atoms with Gasteiger partial charge in [-0.3, -0.25) is 5.21 Å². The molecule has 8 heavy (non-hydrogen) atoms. The van der Waals surface area contributed by atoms with E-state index >= 15 is 0 Å². The van der Waals surface area contributed by atoms with Crippen LogP contribution in [0.15, 0.2) is 0 Å². The maximum Gasteiger partial charge on any atom is 0.210 e. The van der Waals surface area contributed by atoms with Crippen LogP contribution in [0.5, 0.6) is 0 Å². The Hall–Kier alpha value is -0.730. The zero-order valence-electron chi connectivity index (χ0n) is 4.83. The second kappa shape index (κ2) is 2.03. The molecule has 0 radical (unpaired) electrons. The minimum atomic E-state index is 0.500. The van der Waals surface area contributed by atoms with Crippen molar-refractivity contribution in [2.24, 2.45) is 5.92 Å². The molecule has 1 heterocycles. The molecule has 0 N–H and O–H groups in total. The third kappa shape index (κ3) is 1.12. The van der Waals surface area contributed by atoms with E-state index < -0.39 is 0 Å². The van der Waals surface area contributed by atoms with Gasteiger partial charge in [0.2, 0.25) is 6.21 Å². The van der Waals surface area contributed by atoms with Crippen molar-refractivity contribution in [2.45, 2.75) is 13.3 Å². The predicted molar refractivity (Wildman–Crippen MR) is 29.4 cm³/mol. The lowest BCUT2D eigenvalue weighted by molar-refractivity contribution is -0.745. The lowest BCUT2D eigenvalue weighted by Crippen LogP contribution is -2.20. The summed E-state index contributed by atoms with van der Waals surface area (Å²) in [4.78, 5) is 5.14. The highest BCUT2D eigenvalue weighted by atomic mass is 16.9. The van der Waals surface area contributed by atoms with Gasteiger partial charge in [-0.15, -0.1) is 0 Å². The third-order valence-electron chi connectivity index (χ3n) is 1.14. The smallest absolute Gasteiger partial charge is 0.210 e. The van der Waals surface area contributed by atoms with Crippen LogP contribution in [0.4, 0.5) is 0 Å². The minimum Gasteiger partial charge on any atom is -0.403 e. The first-order chi connectivity index (χ1) is 3.79. The van der Waals surface area contributed by atoms with Crippen LogP contribution in [0.1, 0.15) is 13.3 Å². The molecule has 0 aromatic heterocycles. The molecule has 1 atom stereocenters. The molecule has 0 saturated carbocycles. The summed E-state index contributed by atoms with van der Waals surface area (Å²) in [7, 11) is 0. The maximum atomic E-state index is 10.2. The summed E-state index contributed by atoms with van der Waals surface area (Å²) in [5, 5.41) is 10.2. The van der Waals surface area contributed by atoms with E-state index in [2.05, 4.69) is 4.84 Å². The molecule has 3 heteroatoms. The first kappa shape index (κ1) is 5.41. The summed E-state index contributed by atoms with van der Waals surface area (Å²) >= 11 is 0.